The van der Waals surface area contributed by atoms with E-state index in [9.17, 15) is 23.3 Å². The predicted molar refractivity (Wildman–Crippen MR) is 97.1 cm³/mol. The van der Waals surface area contributed by atoms with Gasteiger partial charge in [-0.15, -0.1) is 0 Å². The van der Waals surface area contributed by atoms with Crippen molar-refractivity contribution in [2.75, 3.05) is 25.4 Å². The number of non-ortho nitro benzene ring substituents is 1. The summed E-state index contributed by atoms with van der Waals surface area (Å²) in [5.74, 6) is -0.189. The zero-order chi connectivity index (χ0) is 19.6. The number of nitro benzene ring substituents is 1. The van der Waals surface area contributed by atoms with Crippen LogP contribution in [0.3, 0.4) is 0 Å². The zero-order valence-electron chi connectivity index (χ0n) is 14.6. The molecule has 10 nitrogen and oxygen atoms in total. The Labute approximate surface area is 156 Å². The smallest absolute Gasteiger partial charge is 0.271 e. The first-order valence-corrected chi connectivity index (χ1v) is 9.97. The molecule has 0 saturated carbocycles. The Hall–Kier alpha value is -2.79. The summed E-state index contributed by atoms with van der Waals surface area (Å²) >= 11 is 0. The molecule has 1 N–H and O–H groups in total. The Morgan fingerprint density at radius 1 is 1.30 bits per heavy atom. The molecule has 3 rings (SSSR count). The molecule has 1 fully saturated rings. The Morgan fingerprint density at radius 3 is 2.56 bits per heavy atom. The predicted octanol–water partition coefficient (Wildman–Crippen LogP) is 0.792. The number of aromatic nitrogens is 2. The lowest BCUT2D eigenvalue weighted by Gasteiger charge is -2.37. The fraction of sp³-hybridized carbons (Fsp3) is 0.375. The summed E-state index contributed by atoms with van der Waals surface area (Å²) < 4.78 is 26.2. The van der Waals surface area contributed by atoms with Gasteiger partial charge in [0.1, 0.15) is 0 Å². The van der Waals surface area contributed by atoms with Gasteiger partial charge in [-0.05, 0) is 25.1 Å². The van der Waals surface area contributed by atoms with Crippen molar-refractivity contribution in [3.05, 3.63) is 52.3 Å². The lowest BCUT2D eigenvalue weighted by molar-refractivity contribution is -0.384. The summed E-state index contributed by atoms with van der Waals surface area (Å²) in [6, 6.07) is 7.37. The van der Waals surface area contributed by atoms with Gasteiger partial charge >= 0.3 is 0 Å². The van der Waals surface area contributed by atoms with Crippen LogP contribution in [0.2, 0.25) is 0 Å². The van der Waals surface area contributed by atoms with Gasteiger partial charge in [0.05, 0.1) is 16.4 Å². The number of nitrogens with zero attached hydrogens (tertiary/aromatic N) is 4. The average molecular weight is 393 g/mol. The Morgan fingerprint density at radius 2 is 1.96 bits per heavy atom. The molecule has 0 bridgehead atoms. The third-order valence-electron chi connectivity index (χ3n) is 4.38. The third-order valence-corrected chi connectivity index (χ3v) is 6.19. The average Bonchev–Trinajstić information content (AvgIpc) is 3.10. The lowest BCUT2D eigenvalue weighted by atomic mass is 10.0. The van der Waals surface area contributed by atoms with E-state index in [4.69, 9.17) is 0 Å². The van der Waals surface area contributed by atoms with Gasteiger partial charge in [-0.3, -0.25) is 14.9 Å². The van der Waals surface area contributed by atoms with E-state index in [0.717, 1.165) is 0 Å². The molecule has 1 aliphatic heterocycles. The van der Waals surface area contributed by atoms with Crippen LogP contribution in [-0.2, 0) is 10.0 Å². The van der Waals surface area contributed by atoms with Gasteiger partial charge in [0.25, 0.3) is 11.6 Å². The number of rotatable bonds is 7. The standard InChI is InChI=1S/C16H19N5O5S/c1-2-27(25,26)19-10-12(11-19)9-17-16(22)15-7-8-20(18-15)13-3-5-14(6-4-13)21(23)24/h3-8,12H,2,9-11H2,1H3,(H,17,22). The minimum absolute atomic E-state index is 0.0245. The molecular formula is C16H19N5O5S. The SMILES string of the molecule is CCS(=O)(=O)N1CC(CNC(=O)c2ccn(-c3ccc([N+](=O)[O-])cc3)n2)C1. The summed E-state index contributed by atoms with van der Waals surface area (Å²) in [7, 11) is -3.16. The number of nitro groups is 1. The molecule has 0 unspecified atom stereocenters. The first kappa shape index (κ1) is 19.0. The van der Waals surface area contributed by atoms with Crippen LogP contribution in [0, 0.1) is 16.0 Å². The minimum atomic E-state index is -3.16. The van der Waals surface area contributed by atoms with E-state index in [1.165, 1.54) is 21.1 Å². The Bertz CT molecular complexity index is 948. The van der Waals surface area contributed by atoms with Crippen molar-refractivity contribution in [3.8, 4) is 5.69 Å². The zero-order valence-corrected chi connectivity index (χ0v) is 15.4. The maximum atomic E-state index is 12.2. The van der Waals surface area contributed by atoms with Gasteiger partial charge < -0.3 is 5.32 Å². The molecule has 1 aromatic carbocycles. The largest absolute Gasteiger partial charge is 0.350 e. The van der Waals surface area contributed by atoms with Gasteiger partial charge in [0, 0.05) is 43.9 Å². The van der Waals surface area contributed by atoms with E-state index >= 15 is 0 Å². The van der Waals surface area contributed by atoms with Crippen molar-refractivity contribution < 1.29 is 18.1 Å². The van der Waals surface area contributed by atoms with E-state index in [2.05, 4.69) is 10.4 Å². The van der Waals surface area contributed by atoms with E-state index in [1.807, 2.05) is 0 Å². The van der Waals surface area contributed by atoms with E-state index in [0.29, 0.717) is 25.3 Å². The monoisotopic (exact) mass is 393 g/mol. The molecule has 27 heavy (non-hydrogen) atoms. The van der Waals surface area contributed by atoms with Crippen LogP contribution in [0.4, 0.5) is 5.69 Å². The van der Waals surface area contributed by atoms with Crippen molar-refractivity contribution >= 4 is 21.6 Å². The summed E-state index contributed by atoms with van der Waals surface area (Å²) in [6.45, 7) is 2.80. The summed E-state index contributed by atoms with van der Waals surface area (Å²) in [5, 5.41) is 17.6. The van der Waals surface area contributed by atoms with Gasteiger partial charge in [0.15, 0.2) is 5.69 Å². The first-order valence-electron chi connectivity index (χ1n) is 8.36. The highest BCUT2D eigenvalue weighted by Gasteiger charge is 2.34. The summed E-state index contributed by atoms with van der Waals surface area (Å²) in [4.78, 5) is 22.4. The van der Waals surface area contributed by atoms with Crippen molar-refractivity contribution in [2.24, 2.45) is 5.92 Å². The molecule has 1 saturated heterocycles. The number of hydrogen-bond acceptors (Lipinski definition) is 6. The fourth-order valence-electron chi connectivity index (χ4n) is 2.70. The molecular weight excluding hydrogens is 374 g/mol. The third kappa shape index (κ3) is 4.14. The second-order valence-corrected chi connectivity index (χ2v) is 8.47. The molecule has 0 atom stereocenters. The van der Waals surface area contributed by atoms with E-state index in [-0.39, 0.29) is 29.0 Å². The molecule has 1 amide bonds. The van der Waals surface area contributed by atoms with Crippen LogP contribution in [0.15, 0.2) is 36.5 Å². The Kier molecular flexibility index (Phi) is 5.24. The van der Waals surface area contributed by atoms with Gasteiger partial charge in [-0.2, -0.15) is 5.10 Å². The highest BCUT2D eigenvalue weighted by Crippen LogP contribution is 2.19. The van der Waals surface area contributed by atoms with Crippen molar-refractivity contribution in [1.29, 1.82) is 0 Å². The first-order chi connectivity index (χ1) is 12.8. The van der Waals surface area contributed by atoms with Crippen molar-refractivity contribution in [3.63, 3.8) is 0 Å². The molecule has 2 heterocycles. The van der Waals surface area contributed by atoms with Gasteiger partial charge in [0.2, 0.25) is 10.0 Å². The number of benzene rings is 1. The van der Waals surface area contributed by atoms with Crippen LogP contribution in [0.1, 0.15) is 17.4 Å². The molecule has 0 spiro atoms. The van der Waals surface area contributed by atoms with Crippen LogP contribution >= 0.6 is 0 Å². The van der Waals surface area contributed by atoms with E-state index in [1.54, 1.807) is 31.3 Å². The topological polar surface area (TPSA) is 127 Å². The molecule has 0 radical (unpaired) electrons. The molecule has 1 aromatic heterocycles. The number of nitrogens with one attached hydrogen (secondary N) is 1. The molecule has 0 aliphatic carbocycles. The number of carbonyl (C=O) groups is 1. The molecule has 144 valence electrons. The number of hydrogen-bond donors (Lipinski definition) is 1. The maximum Gasteiger partial charge on any atom is 0.271 e. The van der Waals surface area contributed by atoms with Crippen LogP contribution in [0.25, 0.3) is 5.69 Å². The quantitative estimate of drug-likeness (QED) is 0.547. The minimum Gasteiger partial charge on any atom is -0.350 e. The van der Waals surface area contributed by atoms with Crippen molar-refractivity contribution in [2.45, 2.75) is 6.92 Å². The molecule has 11 heteroatoms. The highest BCUT2D eigenvalue weighted by atomic mass is 32.2. The van der Waals surface area contributed by atoms with Gasteiger partial charge in [-0.1, -0.05) is 0 Å². The number of carbonyl (C=O) groups excluding carboxylic acids is 1. The van der Waals surface area contributed by atoms with Crippen molar-refractivity contribution in [1.82, 2.24) is 19.4 Å². The second-order valence-electron chi connectivity index (χ2n) is 6.21. The van der Waals surface area contributed by atoms with Gasteiger partial charge in [-0.25, -0.2) is 17.4 Å². The van der Waals surface area contributed by atoms with Crippen LogP contribution < -0.4 is 5.32 Å². The highest BCUT2D eigenvalue weighted by molar-refractivity contribution is 7.89. The maximum absolute atomic E-state index is 12.2. The molecule has 2 aromatic rings. The van der Waals surface area contributed by atoms with Crippen LogP contribution in [-0.4, -0.2) is 58.7 Å². The number of sulfonamides is 1. The second kappa shape index (κ2) is 7.45. The lowest BCUT2D eigenvalue weighted by Crippen LogP contribution is -2.54. The Balaban J connectivity index is 1.54. The summed E-state index contributed by atoms with van der Waals surface area (Å²) in [5.41, 5.74) is 0.785. The van der Waals surface area contributed by atoms with Crippen LogP contribution in [0.5, 0.6) is 0 Å². The normalized spacial score (nSPS) is 15.3. The molecule has 1 aliphatic rings. The summed E-state index contributed by atoms with van der Waals surface area (Å²) in [6.07, 6.45) is 1.59. The van der Waals surface area contributed by atoms with E-state index < -0.39 is 14.9 Å². The fourth-order valence-corrected chi connectivity index (χ4v) is 3.95. The number of amides is 1.